The zero-order valence-electron chi connectivity index (χ0n) is 15.1. The van der Waals surface area contributed by atoms with Crippen LogP contribution < -0.4 is 10.1 Å². The molecule has 1 amide bonds. The van der Waals surface area contributed by atoms with Crippen molar-refractivity contribution >= 4 is 5.91 Å². The maximum atomic E-state index is 12.8. The predicted octanol–water partition coefficient (Wildman–Crippen LogP) is 2.33. The Morgan fingerprint density at radius 3 is 2.88 bits per heavy atom. The van der Waals surface area contributed by atoms with Gasteiger partial charge >= 0.3 is 0 Å². The zero-order chi connectivity index (χ0) is 18.4. The van der Waals surface area contributed by atoms with E-state index in [4.69, 9.17) is 4.74 Å². The fraction of sp³-hybridized carbons (Fsp3) is 0.474. The molecule has 26 heavy (non-hydrogen) atoms. The summed E-state index contributed by atoms with van der Waals surface area (Å²) in [5.41, 5.74) is 2.05. The van der Waals surface area contributed by atoms with Crippen molar-refractivity contribution in [3.05, 3.63) is 47.5 Å². The second kappa shape index (κ2) is 8.80. The average molecular weight is 360 g/mol. The van der Waals surface area contributed by atoms with Crippen LogP contribution in [0.1, 0.15) is 31.2 Å². The van der Waals surface area contributed by atoms with E-state index in [0.29, 0.717) is 12.3 Å². The number of carbonyl (C=O) groups excluding carboxylic acids is 1. The first kappa shape index (κ1) is 18.4. The van der Waals surface area contributed by atoms with Gasteiger partial charge in [0.15, 0.2) is 6.61 Å². The highest BCUT2D eigenvalue weighted by Crippen LogP contribution is 2.14. The van der Waals surface area contributed by atoms with Gasteiger partial charge in [-0.2, -0.15) is 5.10 Å². The molecular weight excluding hydrogens is 335 g/mol. The number of nitrogens with zero attached hydrogens (tertiary/aromatic N) is 3. The molecule has 0 fully saturated rings. The molecule has 0 spiro atoms. The molecular formula is C19H25FN4O2. The van der Waals surface area contributed by atoms with Crippen LogP contribution in [-0.2, 0) is 24.4 Å². The van der Waals surface area contributed by atoms with E-state index in [1.54, 1.807) is 0 Å². The Morgan fingerprint density at radius 2 is 2.12 bits per heavy atom. The van der Waals surface area contributed by atoms with Crippen molar-refractivity contribution in [1.82, 2.24) is 20.0 Å². The summed E-state index contributed by atoms with van der Waals surface area (Å²) in [6, 6.07) is 7.66. The fourth-order valence-electron chi connectivity index (χ4n) is 3.10. The van der Waals surface area contributed by atoms with Crippen LogP contribution in [0.4, 0.5) is 4.39 Å². The second-order valence-corrected chi connectivity index (χ2v) is 6.50. The number of rotatable bonds is 7. The van der Waals surface area contributed by atoms with Crippen molar-refractivity contribution in [2.75, 3.05) is 19.7 Å². The van der Waals surface area contributed by atoms with Crippen molar-refractivity contribution in [1.29, 1.82) is 0 Å². The number of fused-ring (bicyclic) bond motifs is 1. The Kier molecular flexibility index (Phi) is 6.22. The van der Waals surface area contributed by atoms with Crippen molar-refractivity contribution < 1.29 is 13.9 Å². The first-order chi connectivity index (χ1) is 12.6. The van der Waals surface area contributed by atoms with E-state index in [9.17, 15) is 9.18 Å². The van der Waals surface area contributed by atoms with Gasteiger partial charge in [0.1, 0.15) is 11.6 Å². The van der Waals surface area contributed by atoms with Gasteiger partial charge in [-0.25, -0.2) is 4.39 Å². The van der Waals surface area contributed by atoms with Crippen LogP contribution in [-0.4, -0.2) is 40.3 Å². The topological polar surface area (TPSA) is 59.4 Å². The predicted molar refractivity (Wildman–Crippen MR) is 96.2 cm³/mol. The SMILES string of the molecule is CCCN1CCCn2nc(CNC(=O)COc3ccc(F)cc3)cc2C1. The molecule has 140 valence electrons. The van der Waals surface area contributed by atoms with Crippen LogP contribution in [0.3, 0.4) is 0 Å². The molecule has 0 radical (unpaired) electrons. The lowest BCUT2D eigenvalue weighted by molar-refractivity contribution is -0.123. The molecule has 2 aromatic rings. The van der Waals surface area contributed by atoms with Gasteiger partial charge in [-0.05, 0) is 49.7 Å². The molecule has 3 rings (SSSR count). The van der Waals surface area contributed by atoms with Gasteiger partial charge < -0.3 is 10.1 Å². The number of hydrogen-bond acceptors (Lipinski definition) is 4. The maximum Gasteiger partial charge on any atom is 0.258 e. The Hall–Kier alpha value is -2.41. The Labute approximate surface area is 152 Å². The molecule has 6 nitrogen and oxygen atoms in total. The van der Waals surface area contributed by atoms with Gasteiger partial charge in [0, 0.05) is 19.6 Å². The molecule has 1 aromatic carbocycles. The standard InChI is InChI=1S/C19H25FN4O2/c1-2-8-23-9-3-10-24-17(13-23)11-16(22-24)12-21-19(25)14-26-18-6-4-15(20)5-7-18/h4-7,11H,2-3,8-10,12-14H2,1H3,(H,21,25). The van der Waals surface area contributed by atoms with Gasteiger partial charge in [0.05, 0.1) is 17.9 Å². The lowest BCUT2D eigenvalue weighted by atomic mass is 10.3. The minimum absolute atomic E-state index is 0.108. The van der Waals surface area contributed by atoms with Gasteiger partial charge in [-0.1, -0.05) is 6.92 Å². The van der Waals surface area contributed by atoms with Crippen LogP contribution in [0.2, 0.25) is 0 Å². The summed E-state index contributed by atoms with van der Waals surface area (Å²) in [4.78, 5) is 14.4. The molecule has 0 saturated carbocycles. The number of halogens is 1. The molecule has 1 aliphatic heterocycles. The molecule has 0 bridgehead atoms. The number of aromatic nitrogens is 2. The highest BCUT2D eigenvalue weighted by molar-refractivity contribution is 5.77. The molecule has 0 atom stereocenters. The Balaban J connectivity index is 1.48. The fourth-order valence-corrected chi connectivity index (χ4v) is 3.10. The molecule has 0 unspecified atom stereocenters. The number of benzene rings is 1. The molecule has 0 aliphatic carbocycles. The molecule has 1 aromatic heterocycles. The zero-order valence-corrected chi connectivity index (χ0v) is 15.1. The largest absolute Gasteiger partial charge is 0.484 e. The monoisotopic (exact) mass is 360 g/mol. The molecule has 7 heteroatoms. The van der Waals surface area contributed by atoms with Gasteiger partial charge in [-0.15, -0.1) is 0 Å². The number of amides is 1. The van der Waals surface area contributed by atoms with Crippen molar-refractivity contribution in [2.45, 2.75) is 39.4 Å². The quantitative estimate of drug-likeness (QED) is 0.823. The highest BCUT2D eigenvalue weighted by atomic mass is 19.1. The summed E-state index contributed by atoms with van der Waals surface area (Å²) in [7, 11) is 0. The summed E-state index contributed by atoms with van der Waals surface area (Å²) in [6.45, 7) is 6.47. The number of carbonyl (C=O) groups is 1. The summed E-state index contributed by atoms with van der Waals surface area (Å²) in [5.74, 6) is -0.102. The van der Waals surface area contributed by atoms with E-state index < -0.39 is 0 Å². The van der Waals surface area contributed by atoms with E-state index in [0.717, 1.165) is 44.7 Å². The molecule has 1 N–H and O–H groups in total. The summed E-state index contributed by atoms with van der Waals surface area (Å²) >= 11 is 0. The number of hydrogen-bond donors (Lipinski definition) is 1. The highest BCUT2D eigenvalue weighted by Gasteiger charge is 2.16. The third-order valence-corrected chi connectivity index (χ3v) is 4.33. The van der Waals surface area contributed by atoms with Crippen LogP contribution >= 0.6 is 0 Å². The third-order valence-electron chi connectivity index (χ3n) is 4.33. The first-order valence-corrected chi connectivity index (χ1v) is 9.07. The van der Waals surface area contributed by atoms with Crippen molar-refractivity contribution in [2.24, 2.45) is 0 Å². The first-order valence-electron chi connectivity index (χ1n) is 9.07. The van der Waals surface area contributed by atoms with Gasteiger partial charge in [0.25, 0.3) is 5.91 Å². The molecule has 1 aliphatic rings. The van der Waals surface area contributed by atoms with E-state index >= 15 is 0 Å². The van der Waals surface area contributed by atoms with Crippen LogP contribution in [0.5, 0.6) is 5.75 Å². The molecule has 2 heterocycles. The normalized spacial score (nSPS) is 14.5. The summed E-state index contributed by atoms with van der Waals surface area (Å²) in [5, 5.41) is 7.41. The molecule has 0 saturated heterocycles. The van der Waals surface area contributed by atoms with E-state index in [1.165, 1.54) is 30.0 Å². The lowest BCUT2D eigenvalue weighted by Crippen LogP contribution is -2.28. The number of nitrogens with one attached hydrogen (secondary N) is 1. The summed E-state index contributed by atoms with van der Waals surface area (Å²) in [6.07, 6.45) is 2.23. The minimum Gasteiger partial charge on any atom is -0.484 e. The number of ether oxygens (including phenoxy) is 1. The Morgan fingerprint density at radius 1 is 1.31 bits per heavy atom. The minimum atomic E-state index is -0.334. The smallest absolute Gasteiger partial charge is 0.258 e. The van der Waals surface area contributed by atoms with Crippen LogP contribution in [0.15, 0.2) is 30.3 Å². The number of aryl methyl sites for hydroxylation is 1. The lowest BCUT2D eigenvalue weighted by Gasteiger charge is -2.17. The second-order valence-electron chi connectivity index (χ2n) is 6.50. The van der Waals surface area contributed by atoms with Gasteiger partial charge in [-0.3, -0.25) is 14.4 Å². The van der Waals surface area contributed by atoms with Crippen LogP contribution in [0, 0.1) is 5.82 Å². The Bertz CT molecular complexity index is 730. The van der Waals surface area contributed by atoms with Crippen LogP contribution in [0.25, 0.3) is 0 Å². The van der Waals surface area contributed by atoms with Crippen molar-refractivity contribution in [3.8, 4) is 5.75 Å². The van der Waals surface area contributed by atoms with Gasteiger partial charge in [0.2, 0.25) is 0 Å². The van der Waals surface area contributed by atoms with E-state index in [-0.39, 0.29) is 18.3 Å². The van der Waals surface area contributed by atoms with Crippen molar-refractivity contribution in [3.63, 3.8) is 0 Å². The third kappa shape index (κ3) is 5.05. The van der Waals surface area contributed by atoms with E-state index in [2.05, 4.69) is 28.3 Å². The average Bonchev–Trinajstić information content (AvgIpc) is 2.91. The van der Waals surface area contributed by atoms with E-state index in [1.807, 2.05) is 4.68 Å². The summed E-state index contributed by atoms with van der Waals surface area (Å²) < 4.78 is 20.2. The maximum absolute atomic E-state index is 12.8.